The molecule has 0 atom stereocenters. The first-order valence-electron chi connectivity index (χ1n) is 10.2. The lowest BCUT2D eigenvalue weighted by molar-refractivity contribution is 0.0974. The number of benzene rings is 3. The van der Waals surface area contributed by atoms with Crippen LogP contribution in [0.5, 0.6) is 11.5 Å². The predicted octanol–water partition coefficient (Wildman–Crippen LogP) is 4.83. The van der Waals surface area contributed by atoms with E-state index >= 15 is 0 Å². The van der Waals surface area contributed by atoms with Crippen molar-refractivity contribution in [1.29, 1.82) is 0 Å². The number of nitrogens with one attached hydrogen (secondary N) is 3. The molecule has 0 saturated carbocycles. The van der Waals surface area contributed by atoms with E-state index in [0.29, 0.717) is 34.0 Å². The molecule has 1 heterocycles. The highest BCUT2D eigenvalue weighted by molar-refractivity contribution is 7.80. The summed E-state index contributed by atoms with van der Waals surface area (Å²) in [5, 5.41) is 9.28. The summed E-state index contributed by atoms with van der Waals surface area (Å²) in [6.45, 7) is 0. The van der Waals surface area contributed by atoms with Crippen molar-refractivity contribution in [3.63, 3.8) is 0 Å². The van der Waals surface area contributed by atoms with Crippen molar-refractivity contribution >= 4 is 51.5 Å². The number of anilines is 2. The number of rotatable bonds is 6. The van der Waals surface area contributed by atoms with Crippen LogP contribution in [0, 0.1) is 0 Å². The second kappa shape index (κ2) is 10.1. The highest BCUT2D eigenvalue weighted by Gasteiger charge is 2.14. The van der Waals surface area contributed by atoms with Gasteiger partial charge in [-0.2, -0.15) is 0 Å². The maximum atomic E-state index is 12.6. The molecule has 9 heteroatoms. The van der Waals surface area contributed by atoms with Gasteiger partial charge < -0.3 is 24.5 Å². The van der Waals surface area contributed by atoms with Gasteiger partial charge in [-0.05, 0) is 54.7 Å². The minimum atomic E-state index is -0.427. The number of methoxy groups -OCH3 is 2. The van der Waals surface area contributed by atoms with Gasteiger partial charge >= 0.3 is 0 Å². The van der Waals surface area contributed by atoms with Crippen molar-refractivity contribution in [2.24, 2.45) is 0 Å². The van der Waals surface area contributed by atoms with Crippen LogP contribution in [0.1, 0.15) is 20.9 Å². The zero-order valence-electron chi connectivity index (χ0n) is 18.4. The Kier molecular flexibility index (Phi) is 6.74. The average molecular weight is 476 g/mol. The lowest BCUT2D eigenvalue weighted by Crippen LogP contribution is -2.34. The molecule has 4 rings (SSSR count). The minimum absolute atomic E-state index is 0.0903. The van der Waals surface area contributed by atoms with Gasteiger partial charge in [-0.25, -0.2) is 0 Å². The molecule has 0 aliphatic carbocycles. The van der Waals surface area contributed by atoms with Crippen LogP contribution >= 0.6 is 12.2 Å². The summed E-state index contributed by atoms with van der Waals surface area (Å²) >= 11 is 5.27. The van der Waals surface area contributed by atoms with Crippen LogP contribution < -0.4 is 25.4 Å². The molecule has 0 radical (unpaired) electrons. The standard InChI is InChI=1S/C25H21N3O5S/c1-31-19-10-16(11-20(14-19)32-2)23(29)28-25(34)27-18-8-5-7-17(13-18)26-24(30)22-12-15-6-3-4-9-21(15)33-22/h3-14H,1-2H3,(H,26,30)(H2,27,28,29,34). The number of para-hydroxylation sites is 1. The Morgan fingerprint density at radius 1 is 0.794 bits per heavy atom. The van der Waals surface area contributed by atoms with Crippen molar-refractivity contribution in [3.8, 4) is 11.5 Å². The summed E-state index contributed by atoms with van der Waals surface area (Å²) in [5.41, 5.74) is 2.07. The molecule has 0 aliphatic heterocycles. The van der Waals surface area contributed by atoms with Gasteiger partial charge in [0.25, 0.3) is 11.8 Å². The summed E-state index contributed by atoms with van der Waals surface area (Å²) in [6, 6.07) is 20.8. The Morgan fingerprint density at radius 2 is 1.47 bits per heavy atom. The fourth-order valence-corrected chi connectivity index (χ4v) is 3.45. The van der Waals surface area contributed by atoms with Crippen LogP contribution in [0.25, 0.3) is 11.0 Å². The number of ether oxygens (including phenoxy) is 2. The van der Waals surface area contributed by atoms with E-state index in [1.807, 2.05) is 18.2 Å². The number of furan rings is 1. The molecule has 8 nitrogen and oxygen atoms in total. The van der Waals surface area contributed by atoms with E-state index in [0.717, 1.165) is 5.39 Å². The molecule has 3 aromatic carbocycles. The molecule has 0 unspecified atom stereocenters. The van der Waals surface area contributed by atoms with E-state index in [1.165, 1.54) is 14.2 Å². The summed E-state index contributed by atoms with van der Waals surface area (Å²) in [6.07, 6.45) is 0. The van der Waals surface area contributed by atoms with Crippen LogP contribution in [0.3, 0.4) is 0 Å². The Morgan fingerprint density at radius 3 is 2.15 bits per heavy atom. The molecule has 2 amide bonds. The normalized spacial score (nSPS) is 10.4. The first kappa shape index (κ1) is 22.8. The summed E-state index contributed by atoms with van der Waals surface area (Å²) < 4.78 is 16.0. The number of carbonyl (C=O) groups excluding carboxylic acids is 2. The van der Waals surface area contributed by atoms with Gasteiger partial charge in [-0.3, -0.25) is 14.9 Å². The summed E-state index contributed by atoms with van der Waals surface area (Å²) in [5.74, 6) is 0.365. The first-order chi connectivity index (χ1) is 16.4. The number of hydrogen-bond acceptors (Lipinski definition) is 6. The molecule has 0 bridgehead atoms. The Balaban J connectivity index is 1.40. The van der Waals surface area contributed by atoms with E-state index in [2.05, 4.69) is 16.0 Å². The Labute approximate surface area is 200 Å². The largest absolute Gasteiger partial charge is 0.497 e. The lowest BCUT2D eigenvalue weighted by Gasteiger charge is -2.12. The molecule has 4 aromatic rings. The van der Waals surface area contributed by atoms with Gasteiger partial charge in [-0.1, -0.05) is 24.3 Å². The number of amides is 2. The van der Waals surface area contributed by atoms with Crippen LogP contribution in [-0.2, 0) is 0 Å². The molecule has 3 N–H and O–H groups in total. The molecule has 1 aromatic heterocycles. The van der Waals surface area contributed by atoms with Crippen molar-refractivity contribution < 1.29 is 23.5 Å². The molecule has 0 saturated heterocycles. The smallest absolute Gasteiger partial charge is 0.291 e. The Bertz CT molecular complexity index is 1330. The SMILES string of the molecule is COc1cc(OC)cc(C(=O)NC(=S)Nc2cccc(NC(=O)c3cc4ccccc4o3)c2)c1. The second-order valence-electron chi connectivity index (χ2n) is 7.19. The van der Waals surface area contributed by atoms with E-state index in [-0.39, 0.29) is 16.8 Å². The van der Waals surface area contributed by atoms with Gasteiger partial charge in [0.05, 0.1) is 14.2 Å². The molecule has 172 valence electrons. The van der Waals surface area contributed by atoms with Crippen LogP contribution in [0.2, 0.25) is 0 Å². The fraction of sp³-hybridized carbons (Fsp3) is 0.0800. The van der Waals surface area contributed by atoms with Gasteiger partial charge in [-0.15, -0.1) is 0 Å². The van der Waals surface area contributed by atoms with E-state index in [9.17, 15) is 9.59 Å². The van der Waals surface area contributed by atoms with Crippen LogP contribution in [0.15, 0.2) is 77.2 Å². The third-order valence-electron chi connectivity index (χ3n) is 4.87. The summed E-state index contributed by atoms with van der Waals surface area (Å²) in [4.78, 5) is 25.2. The van der Waals surface area contributed by atoms with E-state index in [1.54, 1.807) is 54.6 Å². The maximum absolute atomic E-state index is 12.6. The van der Waals surface area contributed by atoms with Gasteiger partial charge in [0.15, 0.2) is 10.9 Å². The lowest BCUT2D eigenvalue weighted by atomic mass is 10.2. The van der Waals surface area contributed by atoms with Gasteiger partial charge in [0, 0.05) is 28.4 Å². The number of fused-ring (bicyclic) bond motifs is 1. The van der Waals surface area contributed by atoms with Gasteiger partial charge in [0.2, 0.25) is 0 Å². The highest BCUT2D eigenvalue weighted by atomic mass is 32.1. The monoisotopic (exact) mass is 475 g/mol. The summed E-state index contributed by atoms with van der Waals surface area (Å²) in [7, 11) is 3.01. The molecular weight excluding hydrogens is 454 g/mol. The van der Waals surface area contributed by atoms with Gasteiger partial charge in [0.1, 0.15) is 17.1 Å². The van der Waals surface area contributed by atoms with Crippen LogP contribution in [-0.4, -0.2) is 31.1 Å². The molecule has 0 fully saturated rings. The van der Waals surface area contributed by atoms with E-state index < -0.39 is 5.91 Å². The van der Waals surface area contributed by atoms with E-state index in [4.69, 9.17) is 26.1 Å². The maximum Gasteiger partial charge on any atom is 0.291 e. The third-order valence-corrected chi connectivity index (χ3v) is 5.07. The Hall–Kier alpha value is -4.37. The van der Waals surface area contributed by atoms with Crippen molar-refractivity contribution in [2.75, 3.05) is 24.9 Å². The predicted molar refractivity (Wildman–Crippen MR) is 134 cm³/mol. The van der Waals surface area contributed by atoms with Crippen molar-refractivity contribution in [1.82, 2.24) is 5.32 Å². The molecule has 0 aliphatic rings. The van der Waals surface area contributed by atoms with Crippen molar-refractivity contribution in [2.45, 2.75) is 0 Å². The number of hydrogen-bond donors (Lipinski definition) is 3. The quantitative estimate of drug-likeness (QED) is 0.343. The second-order valence-corrected chi connectivity index (χ2v) is 7.60. The number of carbonyl (C=O) groups is 2. The molecule has 0 spiro atoms. The first-order valence-corrected chi connectivity index (χ1v) is 10.6. The average Bonchev–Trinajstić information content (AvgIpc) is 3.28. The minimum Gasteiger partial charge on any atom is -0.497 e. The number of thiocarbonyl (C=S) groups is 1. The van der Waals surface area contributed by atoms with Crippen LogP contribution in [0.4, 0.5) is 11.4 Å². The molecule has 34 heavy (non-hydrogen) atoms. The third kappa shape index (κ3) is 5.33. The zero-order valence-corrected chi connectivity index (χ0v) is 19.2. The zero-order chi connectivity index (χ0) is 24.1. The fourth-order valence-electron chi connectivity index (χ4n) is 3.24. The molecular formula is C25H21N3O5S. The van der Waals surface area contributed by atoms with Crippen molar-refractivity contribution in [3.05, 3.63) is 84.1 Å². The topological polar surface area (TPSA) is 102 Å². The highest BCUT2D eigenvalue weighted by Crippen LogP contribution is 2.23.